The molecule has 4 aromatic rings. The molecule has 0 saturated carbocycles. The van der Waals surface area contributed by atoms with Crippen LogP contribution in [0.3, 0.4) is 0 Å². The Morgan fingerprint density at radius 2 is 1.86 bits per heavy atom. The Kier molecular flexibility index (Phi) is 5.41. The van der Waals surface area contributed by atoms with Crippen LogP contribution in [0.1, 0.15) is 5.69 Å². The molecular weight excluding hydrogens is 396 g/mol. The lowest BCUT2D eigenvalue weighted by Crippen LogP contribution is -2.28. The second kappa shape index (κ2) is 8.28. The summed E-state index contributed by atoms with van der Waals surface area (Å²) in [6.07, 6.45) is 0. The highest BCUT2D eigenvalue weighted by Crippen LogP contribution is 2.23. The summed E-state index contributed by atoms with van der Waals surface area (Å²) in [5.74, 6) is 0.228. The number of tetrazole rings is 1. The van der Waals surface area contributed by atoms with E-state index >= 15 is 0 Å². The Bertz CT molecular complexity index is 1080. The summed E-state index contributed by atoms with van der Waals surface area (Å²) in [5.41, 5.74) is 2.66. The van der Waals surface area contributed by atoms with Gasteiger partial charge in [0, 0.05) is 21.5 Å². The molecule has 0 radical (unpaired) electrons. The van der Waals surface area contributed by atoms with Crippen molar-refractivity contribution in [1.29, 1.82) is 0 Å². The van der Waals surface area contributed by atoms with Crippen molar-refractivity contribution < 1.29 is 4.79 Å². The molecule has 7 nitrogen and oxygen atoms in total. The molecule has 0 atom stereocenters. The Morgan fingerprint density at radius 3 is 2.64 bits per heavy atom. The third-order valence-corrected chi connectivity index (χ3v) is 5.07. The van der Waals surface area contributed by atoms with Crippen LogP contribution in [-0.4, -0.2) is 31.1 Å². The molecule has 0 saturated heterocycles. The van der Waals surface area contributed by atoms with E-state index in [2.05, 4.69) is 25.7 Å². The highest BCUT2D eigenvalue weighted by Gasteiger charge is 2.10. The normalized spacial score (nSPS) is 10.8. The first-order valence-corrected chi connectivity index (χ1v) is 9.73. The van der Waals surface area contributed by atoms with Gasteiger partial charge < -0.3 is 5.32 Å². The molecule has 0 spiro atoms. The molecule has 0 aliphatic carbocycles. The van der Waals surface area contributed by atoms with Crippen LogP contribution in [0.25, 0.3) is 22.0 Å². The average molecular weight is 411 g/mol. The fourth-order valence-corrected chi connectivity index (χ4v) is 3.45. The monoisotopic (exact) mass is 410 g/mol. The molecule has 140 valence electrons. The Morgan fingerprint density at radius 1 is 1.07 bits per heavy atom. The molecule has 0 bridgehead atoms. The second-order valence-electron chi connectivity index (χ2n) is 5.94. The number of thiazole rings is 1. The molecule has 2 aromatic heterocycles. The van der Waals surface area contributed by atoms with Crippen molar-refractivity contribution in [3.05, 3.63) is 70.7 Å². The van der Waals surface area contributed by atoms with Crippen LogP contribution >= 0.6 is 22.9 Å². The molecule has 1 amide bonds. The summed E-state index contributed by atoms with van der Waals surface area (Å²) >= 11 is 7.42. The molecular formula is C19H15ClN6OS. The largest absolute Gasteiger partial charge is 0.349 e. The van der Waals surface area contributed by atoms with E-state index < -0.39 is 0 Å². The second-order valence-corrected chi connectivity index (χ2v) is 7.23. The molecule has 0 unspecified atom stereocenters. The van der Waals surface area contributed by atoms with Crippen molar-refractivity contribution in [3.63, 3.8) is 0 Å². The molecule has 0 fully saturated rings. The lowest BCUT2D eigenvalue weighted by molar-refractivity contribution is -0.122. The van der Waals surface area contributed by atoms with Gasteiger partial charge in [0.25, 0.3) is 0 Å². The van der Waals surface area contributed by atoms with Crippen molar-refractivity contribution in [2.24, 2.45) is 0 Å². The third-order valence-electron chi connectivity index (χ3n) is 3.88. The van der Waals surface area contributed by atoms with Crippen LogP contribution < -0.4 is 5.32 Å². The number of benzene rings is 2. The minimum atomic E-state index is -0.214. The van der Waals surface area contributed by atoms with Crippen molar-refractivity contribution >= 4 is 28.8 Å². The number of aromatic nitrogens is 5. The Balaban J connectivity index is 1.33. The van der Waals surface area contributed by atoms with E-state index in [9.17, 15) is 4.79 Å². The first-order chi connectivity index (χ1) is 13.7. The molecule has 0 aliphatic rings. The van der Waals surface area contributed by atoms with Gasteiger partial charge in [0.1, 0.15) is 11.6 Å². The van der Waals surface area contributed by atoms with Crippen LogP contribution in [0.5, 0.6) is 0 Å². The van der Waals surface area contributed by atoms with Gasteiger partial charge >= 0.3 is 0 Å². The first kappa shape index (κ1) is 18.3. The van der Waals surface area contributed by atoms with Crippen LogP contribution in [0.4, 0.5) is 0 Å². The topological polar surface area (TPSA) is 85.6 Å². The average Bonchev–Trinajstić information content (AvgIpc) is 3.37. The maximum absolute atomic E-state index is 12.2. The number of hydrogen-bond donors (Lipinski definition) is 1. The van der Waals surface area contributed by atoms with Crippen molar-refractivity contribution in [3.8, 4) is 22.0 Å². The molecule has 1 N–H and O–H groups in total. The maximum Gasteiger partial charge on any atom is 0.243 e. The summed E-state index contributed by atoms with van der Waals surface area (Å²) < 4.78 is 0. The number of hydrogen-bond acceptors (Lipinski definition) is 6. The minimum Gasteiger partial charge on any atom is -0.349 e. The molecule has 4 rings (SSSR count). The predicted octanol–water partition coefficient (Wildman–Crippen LogP) is 3.43. The zero-order valence-electron chi connectivity index (χ0n) is 14.6. The van der Waals surface area contributed by atoms with Crippen LogP contribution in [0.2, 0.25) is 5.02 Å². The summed E-state index contributed by atoms with van der Waals surface area (Å²) in [5, 5.41) is 18.4. The van der Waals surface area contributed by atoms with E-state index in [4.69, 9.17) is 11.6 Å². The molecule has 2 heterocycles. The number of nitrogens with one attached hydrogen (secondary N) is 1. The molecule has 0 aliphatic heterocycles. The SMILES string of the molecule is O=C(Cn1nnc(-c2ccc(Cl)cc2)n1)NCc1csc(-c2ccccc2)n1. The zero-order chi connectivity index (χ0) is 19.3. The third kappa shape index (κ3) is 4.41. The van der Waals surface area contributed by atoms with E-state index in [1.54, 1.807) is 35.6 Å². The van der Waals surface area contributed by atoms with Crippen LogP contribution in [0.15, 0.2) is 60.0 Å². The van der Waals surface area contributed by atoms with Gasteiger partial charge in [-0.15, -0.1) is 21.5 Å². The summed E-state index contributed by atoms with van der Waals surface area (Å²) in [4.78, 5) is 18.0. The fraction of sp³-hybridized carbons (Fsp3) is 0.105. The molecule has 28 heavy (non-hydrogen) atoms. The first-order valence-electron chi connectivity index (χ1n) is 8.47. The Hall–Kier alpha value is -3.10. The van der Waals surface area contributed by atoms with Gasteiger partial charge in [0.05, 0.1) is 12.2 Å². The maximum atomic E-state index is 12.2. The van der Waals surface area contributed by atoms with E-state index in [1.807, 2.05) is 35.7 Å². The van der Waals surface area contributed by atoms with E-state index in [0.29, 0.717) is 17.4 Å². The quantitative estimate of drug-likeness (QED) is 0.526. The van der Waals surface area contributed by atoms with E-state index in [0.717, 1.165) is 21.8 Å². The smallest absolute Gasteiger partial charge is 0.243 e. The van der Waals surface area contributed by atoms with Crippen LogP contribution in [-0.2, 0) is 17.9 Å². The highest BCUT2D eigenvalue weighted by atomic mass is 35.5. The van der Waals surface area contributed by atoms with Gasteiger partial charge in [0.2, 0.25) is 11.7 Å². The van der Waals surface area contributed by atoms with Crippen molar-refractivity contribution in [2.75, 3.05) is 0 Å². The molecule has 2 aromatic carbocycles. The Labute approximate surface area is 170 Å². The van der Waals surface area contributed by atoms with Gasteiger partial charge in [-0.25, -0.2) is 4.98 Å². The molecule has 9 heteroatoms. The number of halogens is 1. The van der Waals surface area contributed by atoms with Crippen LogP contribution in [0, 0.1) is 0 Å². The number of carbonyl (C=O) groups excluding carboxylic acids is 1. The number of carbonyl (C=O) groups is 1. The summed E-state index contributed by atoms with van der Waals surface area (Å²) in [6.45, 7) is 0.331. The lowest BCUT2D eigenvalue weighted by Gasteiger charge is -2.02. The predicted molar refractivity (Wildman–Crippen MR) is 108 cm³/mol. The highest BCUT2D eigenvalue weighted by molar-refractivity contribution is 7.13. The van der Waals surface area contributed by atoms with Crippen molar-refractivity contribution in [2.45, 2.75) is 13.1 Å². The van der Waals surface area contributed by atoms with Crippen molar-refractivity contribution in [1.82, 2.24) is 30.5 Å². The van der Waals surface area contributed by atoms with E-state index in [1.165, 1.54) is 4.80 Å². The van der Waals surface area contributed by atoms with Gasteiger partial charge in [-0.05, 0) is 29.5 Å². The van der Waals surface area contributed by atoms with E-state index in [-0.39, 0.29) is 12.5 Å². The number of nitrogens with zero attached hydrogens (tertiary/aromatic N) is 5. The minimum absolute atomic E-state index is 0.0176. The van der Waals surface area contributed by atoms with Gasteiger partial charge in [-0.1, -0.05) is 41.9 Å². The fourth-order valence-electron chi connectivity index (χ4n) is 2.50. The standard InChI is InChI=1S/C19H15ClN6OS/c20-15-8-6-13(7-9-15)18-23-25-26(24-18)11-17(27)21-10-16-12-28-19(22-16)14-4-2-1-3-5-14/h1-9,12H,10-11H2,(H,21,27). The lowest BCUT2D eigenvalue weighted by atomic mass is 10.2. The number of rotatable bonds is 6. The van der Waals surface area contributed by atoms with Gasteiger partial charge in [0.15, 0.2) is 0 Å². The van der Waals surface area contributed by atoms with Gasteiger partial charge in [-0.3, -0.25) is 4.79 Å². The number of amides is 1. The van der Waals surface area contributed by atoms with Gasteiger partial charge in [-0.2, -0.15) is 4.80 Å². The summed E-state index contributed by atoms with van der Waals surface area (Å²) in [7, 11) is 0. The zero-order valence-corrected chi connectivity index (χ0v) is 16.2. The summed E-state index contributed by atoms with van der Waals surface area (Å²) in [6, 6.07) is 17.0.